The normalized spacial score (nSPS) is 30.1. The lowest BCUT2D eigenvalue weighted by Crippen LogP contribution is -2.53. The van der Waals surface area contributed by atoms with E-state index in [1.165, 1.54) is 50.4 Å². The maximum atomic E-state index is 13.6. The second-order valence-electron chi connectivity index (χ2n) is 20.4. The minimum Gasteiger partial charge on any atom is -0.507 e. The maximum Gasteiger partial charge on any atom is 0.202 e. The number of phenolic OH excluding ortho intramolecular Hbond substituents is 4. The number of aliphatic hydroxyl groups excluding tert-OH is 4. The summed E-state index contributed by atoms with van der Waals surface area (Å²) < 4.78 is 28.8. The Morgan fingerprint density at radius 3 is 1.51 bits per heavy atom. The van der Waals surface area contributed by atoms with Crippen LogP contribution in [-0.2, 0) is 48.0 Å². The van der Waals surface area contributed by atoms with E-state index in [1.54, 1.807) is 13.8 Å². The number of ether oxygens (including phenoxy) is 5. The van der Waals surface area contributed by atoms with Crippen molar-refractivity contribution >= 4 is 34.7 Å². The number of carbonyl (C=O) groups excluding carboxylic acids is 6. The second-order valence-corrected chi connectivity index (χ2v) is 20.4. The smallest absolute Gasteiger partial charge is 0.202 e. The average molecular weight is 1070 g/mol. The molecule has 12 atom stereocenters. The van der Waals surface area contributed by atoms with Crippen LogP contribution in [0, 0.1) is 0 Å². The number of carbonyl (C=O) groups is 6. The number of aromatic hydroxyl groups is 4. The van der Waals surface area contributed by atoms with E-state index in [1.807, 2.05) is 0 Å². The molecule has 0 spiro atoms. The molecule has 0 aromatic heterocycles. The van der Waals surface area contributed by atoms with Gasteiger partial charge in [-0.3, -0.25) is 28.8 Å². The van der Waals surface area contributed by atoms with E-state index in [2.05, 4.69) is 0 Å². The molecule has 0 bridgehead atoms. The van der Waals surface area contributed by atoms with E-state index in [-0.39, 0.29) is 75.1 Å². The minimum absolute atomic E-state index is 0.0173. The van der Waals surface area contributed by atoms with Gasteiger partial charge in [-0.2, -0.15) is 0 Å². The molecule has 0 radical (unpaired) electrons. The van der Waals surface area contributed by atoms with Crippen LogP contribution in [0.1, 0.15) is 150 Å². The lowest BCUT2D eigenvalue weighted by atomic mass is 9.71. The zero-order chi connectivity index (χ0) is 56.1. The second kappa shape index (κ2) is 20.3. The number of phenols is 4. The SMILES string of the molecule is CC(=O)[C@]1(O)Cc2c(O)c3c(c(O)c2[C@@H](O[C@H]2C[C@@H](N)[C@H](O)C(C)O2)C1)C(=O)c1c(CO)cccc1C3=O.COc1cccc2c1C(=O)c1c(O)c3c(c(O)c1C2=O)C[C@@](O)(C(=O)CO)C[C@@H]3O[C@H]1C[C@H](N)[C@H](O)[C@H](C)O1. The molecule has 1 unspecified atom stereocenters. The summed E-state index contributed by atoms with van der Waals surface area (Å²) in [5.74, 6) is -7.20. The van der Waals surface area contributed by atoms with Crippen molar-refractivity contribution in [3.8, 4) is 28.7 Å². The van der Waals surface area contributed by atoms with Crippen LogP contribution in [0.2, 0.25) is 0 Å². The van der Waals surface area contributed by atoms with Gasteiger partial charge < -0.3 is 86.2 Å². The zero-order valence-corrected chi connectivity index (χ0v) is 42.0. The number of fused-ring (bicyclic) bond motifs is 6. The van der Waals surface area contributed by atoms with Gasteiger partial charge in [-0.1, -0.05) is 30.3 Å². The molecule has 23 heteroatoms. The largest absolute Gasteiger partial charge is 0.507 e. The van der Waals surface area contributed by atoms with E-state index in [9.17, 15) is 79.8 Å². The summed E-state index contributed by atoms with van der Waals surface area (Å²) in [5.41, 5.74) is 5.34. The molecule has 4 aromatic rings. The third kappa shape index (κ3) is 8.98. The molecule has 23 nitrogen and oxygen atoms in total. The third-order valence-electron chi connectivity index (χ3n) is 15.7. The van der Waals surface area contributed by atoms with Gasteiger partial charge in [-0.05, 0) is 32.4 Å². The molecular weight excluding hydrogens is 1010 g/mol. The molecule has 2 heterocycles. The van der Waals surface area contributed by atoms with Crippen LogP contribution in [0.15, 0.2) is 36.4 Å². The number of Topliss-reactive ketones (excluding diaryl/α,β-unsaturated/α-hetero) is 2. The fourth-order valence-electron chi connectivity index (χ4n) is 11.5. The van der Waals surface area contributed by atoms with Gasteiger partial charge in [-0.25, -0.2) is 0 Å². The first-order valence-electron chi connectivity index (χ1n) is 24.7. The van der Waals surface area contributed by atoms with Crippen LogP contribution < -0.4 is 16.2 Å². The van der Waals surface area contributed by atoms with Crippen molar-refractivity contribution in [2.45, 2.75) is 138 Å². The van der Waals surface area contributed by atoms with Crippen molar-refractivity contribution in [3.63, 3.8) is 0 Å². The number of methoxy groups -OCH3 is 1. The Morgan fingerprint density at radius 2 is 1.06 bits per heavy atom. The number of benzene rings is 4. The number of hydrogen-bond donors (Lipinski definition) is 12. The van der Waals surface area contributed by atoms with E-state index in [0.29, 0.717) is 0 Å². The standard InChI is InChI=1S/C27H29NO11.C27H29NO10/c1-10-22(31)13(28)6-17(38-10)39-15-8-27(36,16(30)9-29)7-12-19(15)26(35)21-20(24(12)33)23(32)11-4-3-5-14(37-2)18(11)25(21)34;1-10-22(31)15(28)6-17(37-10)38-16-8-27(36,11(2)30)7-14-19(16)26(35)21-20(24(14)33)23(32)13-5-3-4-12(9-29)18(13)25(21)34/h3-5,10,13,15,17,22,29,31,33,35-36H,6-9,28H2,1-2H3;3-5,10,15-17,22,29,31,33,35-36H,6-9,28H2,1-2H3/t10-,13-,15-,17-,22+,27-;10?,15-,16+,17+,22-,27+/m01/s1. The molecule has 10 rings (SSSR count). The Hall–Kier alpha value is -6.58. The van der Waals surface area contributed by atoms with Crippen molar-refractivity contribution in [1.29, 1.82) is 0 Å². The Kier molecular flexibility index (Phi) is 14.6. The summed E-state index contributed by atoms with van der Waals surface area (Å²) in [5, 5.41) is 108. The Labute approximate surface area is 438 Å². The molecule has 410 valence electrons. The van der Waals surface area contributed by atoms with Crippen LogP contribution >= 0.6 is 0 Å². The van der Waals surface area contributed by atoms with Gasteiger partial charge in [0, 0.05) is 89.6 Å². The fourth-order valence-corrected chi connectivity index (χ4v) is 11.5. The summed E-state index contributed by atoms with van der Waals surface area (Å²) in [4.78, 5) is 79.3. The van der Waals surface area contributed by atoms with Gasteiger partial charge >= 0.3 is 0 Å². The third-order valence-corrected chi connectivity index (χ3v) is 15.7. The fraction of sp³-hybridized carbons (Fsp3) is 0.444. The Bertz CT molecular complexity index is 3150. The Morgan fingerprint density at radius 1 is 0.636 bits per heavy atom. The molecule has 4 aromatic carbocycles. The van der Waals surface area contributed by atoms with Crippen molar-refractivity contribution in [2.75, 3.05) is 13.7 Å². The average Bonchev–Trinajstić information content (AvgIpc) is 3.39. The van der Waals surface area contributed by atoms with Crippen molar-refractivity contribution in [2.24, 2.45) is 11.5 Å². The molecule has 2 saturated heterocycles. The first-order chi connectivity index (χ1) is 36.3. The molecule has 0 amide bonds. The van der Waals surface area contributed by atoms with Crippen molar-refractivity contribution < 1.29 is 104 Å². The molecule has 2 fully saturated rings. The van der Waals surface area contributed by atoms with Crippen LogP contribution in [0.25, 0.3) is 0 Å². The number of rotatable bonds is 9. The lowest BCUT2D eigenvalue weighted by Gasteiger charge is -2.42. The topological polar surface area (TPSA) is 403 Å². The number of hydrogen-bond acceptors (Lipinski definition) is 23. The highest BCUT2D eigenvalue weighted by Gasteiger charge is 2.52. The monoisotopic (exact) mass is 1070 g/mol. The van der Waals surface area contributed by atoms with Gasteiger partial charge in [0.15, 0.2) is 41.5 Å². The lowest BCUT2D eigenvalue weighted by molar-refractivity contribution is -0.247. The van der Waals surface area contributed by atoms with E-state index < -0.39 is 185 Å². The summed E-state index contributed by atoms with van der Waals surface area (Å²) in [7, 11) is 1.32. The first-order valence-corrected chi connectivity index (χ1v) is 24.7. The highest BCUT2D eigenvalue weighted by Crippen LogP contribution is 2.54. The molecular formula is C54H58N2O21. The van der Waals surface area contributed by atoms with Gasteiger partial charge in [0.05, 0.1) is 78.2 Å². The van der Waals surface area contributed by atoms with E-state index >= 15 is 0 Å². The first kappa shape index (κ1) is 55.2. The number of nitrogens with two attached hydrogens (primary N) is 2. The zero-order valence-electron chi connectivity index (χ0n) is 42.0. The van der Waals surface area contributed by atoms with E-state index in [4.69, 9.17) is 35.2 Å². The summed E-state index contributed by atoms with van der Waals surface area (Å²) >= 11 is 0. The molecule has 4 aliphatic carbocycles. The van der Waals surface area contributed by atoms with Gasteiger partial charge in [0.1, 0.15) is 46.6 Å². The summed E-state index contributed by atoms with van der Waals surface area (Å²) in [6, 6.07) is 7.28. The quantitative estimate of drug-likeness (QED) is 0.0878. The summed E-state index contributed by atoms with van der Waals surface area (Å²) in [6.07, 6.45) is -9.75. The van der Waals surface area contributed by atoms with Crippen molar-refractivity contribution in [1.82, 2.24) is 0 Å². The van der Waals surface area contributed by atoms with Gasteiger partial charge in [-0.15, -0.1) is 0 Å². The predicted molar refractivity (Wildman–Crippen MR) is 261 cm³/mol. The molecule has 2 aliphatic heterocycles. The molecule has 0 saturated carbocycles. The van der Waals surface area contributed by atoms with Gasteiger partial charge in [0.2, 0.25) is 5.78 Å². The summed E-state index contributed by atoms with van der Waals surface area (Å²) in [6.45, 7) is 2.80. The number of aliphatic hydroxyl groups is 6. The van der Waals surface area contributed by atoms with Crippen molar-refractivity contribution in [3.05, 3.63) is 109 Å². The number of ketones is 6. The van der Waals surface area contributed by atoms with Crippen LogP contribution in [0.3, 0.4) is 0 Å². The molecule has 6 aliphatic rings. The molecule has 77 heavy (non-hydrogen) atoms. The van der Waals surface area contributed by atoms with Crippen LogP contribution in [0.4, 0.5) is 0 Å². The Balaban J connectivity index is 0.000000188. The minimum atomic E-state index is -2.24. The van der Waals surface area contributed by atoms with Gasteiger partial charge in [0.25, 0.3) is 0 Å². The predicted octanol–water partition coefficient (Wildman–Crippen LogP) is 0.514. The highest BCUT2D eigenvalue weighted by molar-refractivity contribution is 6.32. The highest BCUT2D eigenvalue weighted by atomic mass is 16.7. The van der Waals surface area contributed by atoms with Crippen LogP contribution in [-0.4, -0.2) is 160 Å². The van der Waals surface area contributed by atoms with E-state index in [0.717, 1.165) is 0 Å². The van der Waals surface area contributed by atoms with Crippen LogP contribution in [0.5, 0.6) is 28.7 Å². The maximum absolute atomic E-state index is 13.6. The molecule has 14 N–H and O–H groups in total.